The van der Waals surface area contributed by atoms with Gasteiger partial charge >= 0.3 is 6.01 Å². The van der Waals surface area contributed by atoms with Gasteiger partial charge in [-0.2, -0.15) is 9.97 Å². The van der Waals surface area contributed by atoms with Crippen molar-refractivity contribution in [1.82, 2.24) is 14.9 Å². The fourth-order valence-corrected chi connectivity index (χ4v) is 8.19. The number of nitrogens with two attached hydrogens (primary N) is 1. The molecule has 3 aliphatic heterocycles. The Kier molecular flexibility index (Phi) is 7.39. The van der Waals surface area contributed by atoms with Crippen molar-refractivity contribution in [3.63, 3.8) is 0 Å². The van der Waals surface area contributed by atoms with Gasteiger partial charge in [-0.25, -0.2) is 22.4 Å². The molecule has 2 N–H and O–H groups in total. The Morgan fingerprint density at radius 3 is 2.87 bits per heavy atom. The van der Waals surface area contributed by atoms with E-state index >= 15 is 4.39 Å². The van der Waals surface area contributed by atoms with Gasteiger partial charge in [0, 0.05) is 17.5 Å². The lowest BCUT2D eigenvalue weighted by Gasteiger charge is -2.31. The summed E-state index contributed by atoms with van der Waals surface area (Å²) in [6, 6.07) is 1.15. The lowest BCUT2D eigenvalue weighted by Crippen LogP contribution is -2.43. The van der Waals surface area contributed by atoms with Crippen LogP contribution in [0.2, 0.25) is 5.02 Å². The van der Waals surface area contributed by atoms with Gasteiger partial charge in [0.15, 0.2) is 11.6 Å². The highest BCUT2D eigenvalue weighted by Crippen LogP contribution is 2.53. The molecule has 2 fully saturated rings. The molecule has 2 aromatic carbocycles. The summed E-state index contributed by atoms with van der Waals surface area (Å²) in [4.78, 5) is 15.9. The van der Waals surface area contributed by atoms with Gasteiger partial charge in [0.25, 0.3) is 6.43 Å². The minimum atomic E-state index is -2.83. The Labute approximate surface area is 270 Å². The Bertz CT molecular complexity index is 2040. The molecule has 46 heavy (non-hydrogen) atoms. The first kappa shape index (κ1) is 30.4. The lowest BCUT2D eigenvalue weighted by molar-refractivity contribution is 0.108. The van der Waals surface area contributed by atoms with Crippen LogP contribution in [0, 0.1) is 30.6 Å². The zero-order valence-corrected chi connectivity index (χ0v) is 25.8. The third kappa shape index (κ3) is 4.60. The molecule has 3 aliphatic rings. The molecule has 2 aromatic heterocycles. The molecule has 5 heterocycles. The van der Waals surface area contributed by atoms with Crippen LogP contribution in [0.3, 0.4) is 0 Å². The Morgan fingerprint density at radius 1 is 1.33 bits per heavy atom. The zero-order valence-electron chi connectivity index (χ0n) is 24.2. The number of aromatic nitrogens is 2. The van der Waals surface area contributed by atoms with E-state index in [2.05, 4.69) is 32.2 Å². The quantitative estimate of drug-likeness (QED) is 0.101. The van der Waals surface area contributed by atoms with E-state index in [4.69, 9.17) is 39.8 Å². The molecule has 0 bridgehead atoms. The van der Waals surface area contributed by atoms with Crippen LogP contribution in [0.15, 0.2) is 24.3 Å². The van der Waals surface area contributed by atoms with Crippen molar-refractivity contribution >= 4 is 60.4 Å². The van der Waals surface area contributed by atoms with Crippen LogP contribution in [0.1, 0.15) is 19.3 Å². The molecule has 0 aliphatic carbocycles. The van der Waals surface area contributed by atoms with Crippen molar-refractivity contribution in [2.45, 2.75) is 37.3 Å². The second-order valence-electron chi connectivity index (χ2n) is 11.6. The largest absolute Gasteiger partial charge is 0.488 e. The van der Waals surface area contributed by atoms with Crippen molar-refractivity contribution in [2.24, 2.45) is 0 Å². The van der Waals surface area contributed by atoms with Gasteiger partial charge in [0.1, 0.15) is 36.4 Å². The van der Waals surface area contributed by atoms with E-state index in [0.29, 0.717) is 6.42 Å². The number of ether oxygens (including phenoxy) is 2. The van der Waals surface area contributed by atoms with Gasteiger partial charge < -0.3 is 20.1 Å². The van der Waals surface area contributed by atoms with Crippen molar-refractivity contribution in [1.29, 1.82) is 0 Å². The second kappa shape index (κ2) is 11.2. The fraction of sp³-hybridized carbons (Fsp3) is 0.344. The summed E-state index contributed by atoms with van der Waals surface area (Å²) in [5.41, 5.74) is 6.24. The topological polar surface area (TPSA) is 81.1 Å². The zero-order chi connectivity index (χ0) is 32.5. The number of terminal acetylenes is 1. The fourth-order valence-electron chi connectivity index (χ4n) is 6.92. The third-order valence-corrected chi connectivity index (χ3v) is 10.3. The molecule has 2 saturated heterocycles. The minimum Gasteiger partial charge on any atom is -0.488 e. The monoisotopic (exact) mass is 668 g/mol. The number of hydrogen-bond acceptors (Lipinski definition) is 8. The van der Waals surface area contributed by atoms with Crippen LogP contribution in [-0.2, 0) is 0 Å². The Morgan fingerprint density at radius 2 is 2.13 bits per heavy atom. The van der Waals surface area contributed by atoms with Crippen LogP contribution in [0.25, 0.3) is 37.0 Å². The number of alkyl halides is 2. The number of rotatable bonds is 6. The number of thiophene rings is 1. The van der Waals surface area contributed by atoms with Crippen LogP contribution < -0.4 is 20.1 Å². The first-order chi connectivity index (χ1) is 22.1. The molecule has 236 valence electrons. The third-order valence-electron chi connectivity index (χ3n) is 8.88. The Balaban J connectivity index is 1.48. The Hall–Kier alpha value is -4.30. The summed E-state index contributed by atoms with van der Waals surface area (Å²) >= 11 is 7.73. The highest BCUT2D eigenvalue weighted by atomic mass is 35.5. The van der Waals surface area contributed by atoms with Gasteiger partial charge in [0.05, 0.1) is 38.8 Å². The number of nitrogens with zero attached hydrogens (tertiary/aromatic N) is 5. The van der Waals surface area contributed by atoms with Crippen molar-refractivity contribution < 1.29 is 27.0 Å². The van der Waals surface area contributed by atoms with Crippen LogP contribution in [0.4, 0.5) is 34.1 Å². The summed E-state index contributed by atoms with van der Waals surface area (Å²) < 4.78 is 72.0. The van der Waals surface area contributed by atoms with E-state index in [0.717, 1.165) is 53.8 Å². The second-order valence-corrected chi connectivity index (χ2v) is 13.0. The van der Waals surface area contributed by atoms with Crippen molar-refractivity contribution in [3.8, 4) is 35.2 Å². The van der Waals surface area contributed by atoms with Gasteiger partial charge in [-0.15, -0.1) is 17.8 Å². The first-order valence-corrected chi connectivity index (χ1v) is 15.6. The van der Waals surface area contributed by atoms with E-state index < -0.39 is 30.6 Å². The number of benzene rings is 2. The normalized spacial score (nSPS) is 21.0. The molecule has 0 radical (unpaired) electrons. The van der Waals surface area contributed by atoms with Crippen LogP contribution >= 0.6 is 22.9 Å². The molecule has 7 rings (SSSR count). The van der Waals surface area contributed by atoms with E-state index in [1.165, 1.54) is 6.07 Å². The molecule has 0 spiro atoms. The lowest BCUT2D eigenvalue weighted by atomic mass is 9.94. The van der Waals surface area contributed by atoms with Crippen molar-refractivity contribution in [3.05, 3.63) is 52.4 Å². The van der Waals surface area contributed by atoms with Gasteiger partial charge in [-0.1, -0.05) is 35.7 Å². The predicted octanol–water partition coefficient (Wildman–Crippen LogP) is 7.22. The molecular weight excluding hydrogens is 644 g/mol. The molecule has 14 heteroatoms. The maximum atomic E-state index is 17.0. The summed E-state index contributed by atoms with van der Waals surface area (Å²) in [6.07, 6.45) is 5.47. The smallest absolute Gasteiger partial charge is 0.319 e. The molecule has 0 amide bonds. The molecule has 2 atom stereocenters. The molecule has 8 nitrogen and oxygen atoms in total. The van der Waals surface area contributed by atoms with Gasteiger partial charge in [-0.05, 0) is 37.4 Å². The van der Waals surface area contributed by atoms with Gasteiger partial charge in [0.2, 0.25) is 5.69 Å². The number of hydrogen-bond donors (Lipinski definition) is 1. The standard InChI is InChI=1S/C32H25ClF4N6O2S/c1-4-16-13-44-27-22-25(24(37)20(23(27)33)17-6-7-18(34)28-21(17)26(39-3)29(38)46-28)40-31(41-30(22)43(16)12-19(35)36)45-14-32-8-5-9-42(32)11-15(2)10-32/h1,6-7,16,19H,2,5,8-14,38H2/t16-,32-/m0/s1. The highest BCUT2D eigenvalue weighted by molar-refractivity contribution is 7.23. The number of halogens is 5. The molecule has 4 aromatic rings. The average Bonchev–Trinajstić information content (AvgIpc) is 3.63. The predicted molar refractivity (Wildman–Crippen MR) is 170 cm³/mol. The molecular formula is C32H25ClF4N6O2S. The van der Waals surface area contributed by atoms with E-state index in [1.54, 1.807) is 0 Å². The minimum absolute atomic E-state index is 0.0461. The number of anilines is 2. The summed E-state index contributed by atoms with van der Waals surface area (Å²) in [7, 11) is 0. The summed E-state index contributed by atoms with van der Waals surface area (Å²) in [5.74, 6) is 0.631. The molecule has 0 unspecified atom stereocenters. The summed E-state index contributed by atoms with van der Waals surface area (Å²) in [6.45, 7) is 12.5. The number of nitrogen functional groups attached to an aromatic ring is 1. The summed E-state index contributed by atoms with van der Waals surface area (Å²) in [5, 5.41) is -0.193. The maximum Gasteiger partial charge on any atom is 0.319 e. The van der Waals surface area contributed by atoms with E-state index in [9.17, 15) is 13.2 Å². The van der Waals surface area contributed by atoms with E-state index in [1.807, 2.05) is 0 Å². The van der Waals surface area contributed by atoms with Crippen LogP contribution in [-0.4, -0.2) is 65.7 Å². The van der Waals surface area contributed by atoms with Crippen molar-refractivity contribution in [2.75, 3.05) is 43.5 Å². The van der Waals surface area contributed by atoms with Gasteiger partial charge in [-0.3, -0.25) is 4.90 Å². The highest BCUT2D eigenvalue weighted by Gasteiger charge is 2.47. The molecule has 0 saturated carbocycles. The van der Waals surface area contributed by atoms with E-state index in [-0.39, 0.29) is 84.2 Å². The average molecular weight is 669 g/mol. The SMILES string of the molecule is [C-]#[N+]c1c(N)sc2c(F)ccc(-c3c(Cl)c4c5c(nc(OC[C@@]67CCCN6CC(=C)C7)nc5c3F)N(CC(F)F)[C@@H](C#C)CO4)c12. The first-order valence-electron chi connectivity index (χ1n) is 14.4. The van der Waals surface area contributed by atoms with Crippen LogP contribution in [0.5, 0.6) is 11.8 Å². The number of fused-ring (bicyclic) bond motifs is 2. The maximum absolute atomic E-state index is 17.0.